The smallest absolute Gasteiger partial charge is 0.339 e. The first-order valence-corrected chi connectivity index (χ1v) is 7.40. The van der Waals surface area contributed by atoms with Gasteiger partial charge in [-0.15, -0.1) is 0 Å². The lowest BCUT2D eigenvalue weighted by atomic mass is 9.89. The standard InChI is InChI=1S/C18H15NO5/c1-19-14-5-3-2-4-11(14)16(21)13(17(19)22)9-10-6-7-15(20)12(8-10)18(23)24/h2,4,6-9,20H,3,5H2,1H3,(H,23,24)/b13-9-. The summed E-state index contributed by atoms with van der Waals surface area (Å²) in [6.07, 6.45) is 6.38. The number of allylic oxidation sites excluding steroid dienone is 4. The van der Waals surface area contributed by atoms with Crippen molar-refractivity contribution in [1.29, 1.82) is 0 Å². The van der Waals surface area contributed by atoms with Gasteiger partial charge in [0.15, 0.2) is 5.78 Å². The molecule has 1 amide bonds. The molecule has 0 saturated heterocycles. The number of carboxylic acids is 1. The molecule has 1 aromatic carbocycles. The zero-order valence-electron chi connectivity index (χ0n) is 12.9. The number of likely N-dealkylation sites (N-methyl/N-ethyl adjacent to an activating group) is 1. The number of benzene rings is 1. The molecular formula is C18H15NO5. The van der Waals surface area contributed by atoms with Crippen LogP contribution >= 0.6 is 0 Å². The van der Waals surface area contributed by atoms with E-state index in [2.05, 4.69) is 0 Å². The molecule has 1 aliphatic carbocycles. The van der Waals surface area contributed by atoms with Crippen LogP contribution in [0.4, 0.5) is 0 Å². The Morgan fingerprint density at radius 1 is 1.29 bits per heavy atom. The number of hydrogen-bond donors (Lipinski definition) is 2. The summed E-state index contributed by atoms with van der Waals surface area (Å²) in [6, 6.07) is 3.91. The topological polar surface area (TPSA) is 94.9 Å². The average molecular weight is 325 g/mol. The minimum atomic E-state index is -1.29. The van der Waals surface area contributed by atoms with Crippen molar-refractivity contribution in [2.45, 2.75) is 12.8 Å². The monoisotopic (exact) mass is 325 g/mol. The molecule has 6 heteroatoms. The Balaban J connectivity index is 2.08. The lowest BCUT2D eigenvalue weighted by molar-refractivity contribution is -0.127. The molecule has 3 rings (SSSR count). The van der Waals surface area contributed by atoms with Gasteiger partial charge in [0, 0.05) is 18.3 Å². The molecule has 0 atom stereocenters. The number of carboxylic acid groups (broad SMARTS) is 1. The van der Waals surface area contributed by atoms with Gasteiger partial charge in [0.25, 0.3) is 5.91 Å². The van der Waals surface area contributed by atoms with E-state index in [9.17, 15) is 19.5 Å². The van der Waals surface area contributed by atoms with Gasteiger partial charge in [-0.25, -0.2) is 4.79 Å². The molecule has 2 aliphatic rings. The van der Waals surface area contributed by atoms with Gasteiger partial charge in [0.05, 0.1) is 5.57 Å². The van der Waals surface area contributed by atoms with Crippen LogP contribution in [0.2, 0.25) is 0 Å². The minimum Gasteiger partial charge on any atom is -0.507 e. The molecule has 0 saturated carbocycles. The van der Waals surface area contributed by atoms with Crippen LogP contribution in [0.5, 0.6) is 5.75 Å². The fourth-order valence-electron chi connectivity index (χ4n) is 2.86. The van der Waals surface area contributed by atoms with Crippen LogP contribution in [-0.2, 0) is 9.59 Å². The van der Waals surface area contributed by atoms with E-state index < -0.39 is 11.9 Å². The number of ketones is 1. The van der Waals surface area contributed by atoms with E-state index in [4.69, 9.17) is 5.11 Å². The third-order valence-electron chi connectivity index (χ3n) is 4.13. The van der Waals surface area contributed by atoms with Crippen LogP contribution in [0.3, 0.4) is 0 Å². The molecule has 2 N–H and O–H groups in total. The van der Waals surface area contributed by atoms with Gasteiger partial charge in [-0.2, -0.15) is 0 Å². The van der Waals surface area contributed by atoms with E-state index in [0.29, 0.717) is 23.3 Å². The van der Waals surface area contributed by atoms with Gasteiger partial charge < -0.3 is 15.1 Å². The molecule has 0 radical (unpaired) electrons. The Labute approximate surface area is 138 Å². The first-order chi connectivity index (χ1) is 11.4. The molecule has 122 valence electrons. The normalized spacial score (nSPS) is 19.0. The van der Waals surface area contributed by atoms with Crippen molar-refractivity contribution in [3.05, 3.63) is 58.3 Å². The summed E-state index contributed by atoms with van der Waals surface area (Å²) in [5.74, 6) is -2.44. The second-order valence-corrected chi connectivity index (χ2v) is 5.63. The highest BCUT2D eigenvalue weighted by atomic mass is 16.4. The van der Waals surface area contributed by atoms with E-state index in [1.807, 2.05) is 6.08 Å². The average Bonchev–Trinajstić information content (AvgIpc) is 2.58. The van der Waals surface area contributed by atoms with Crippen LogP contribution < -0.4 is 0 Å². The van der Waals surface area contributed by atoms with Crippen LogP contribution in [-0.4, -0.2) is 39.8 Å². The summed E-state index contributed by atoms with van der Waals surface area (Å²) in [7, 11) is 1.62. The van der Waals surface area contributed by atoms with Gasteiger partial charge >= 0.3 is 5.97 Å². The highest BCUT2D eigenvalue weighted by Gasteiger charge is 2.34. The van der Waals surface area contributed by atoms with Crippen molar-refractivity contribution in [3.8, 4) is 5.75 Å². The number of carbonyl (C=O) groups is 3. The molecule has 24 heavy (non-hydrogen) atoms. The molecule has 1 aromatic rings. The van der Waals surface area contributed by atoms with Crippen LogP contribution in [0.15, 0.2) is 47.2 Å². The quantitative estimate of drug-likeness (QED) is 0.641. The number of hydrogen-bond acceptors (Lipinski definition) is 4. The molecule has 1 aliphatic heterocycles. The van der Waals surface area contributed by atoms with Gasteiger partial charge in [0.1, 0.15) is 11.3 Å². The van der Waals surface area contributed by atoms with Gasteiger partial charge in [-0.05, 0) is 36.6 Å². The zero-order chi connectivity index (χ0) is 17.4. The number of carbonyl (C=O) groups excluding carboxylic acids is 2. The maximum Gasteiger partial charge on any atom is 0.339 e. The predicted octanol–water partition coefficient (Wildman–Crippen LogP) is 2.12. The summed E-state index contributed by atoms with van der Waals surface area (Å²) in [5.41, 5.74) is 1.25. The lowest BCUT2D eigenvalue weighted by Gasteiger charge is -2.30. The molecular weight excluding hydrogens is 310 g/mol. The maximum atomic E-state index is 12.6. The Bertz CT molecular complexity index is 860. The highest BCUT2D eigenvalue weighted by Crippen LogP contribution is 2.31. The third-order valence-corrected chi connectivity index (χ3v) is 4.13. The Kier molecular flexibility index (Phi) is 3.81. The fourth-order valence-corrected chi connectivity index (χ4v) is 2.86. The largest absolute Gasteiger partial charge is 0.507 e. The Hall–Kier alpha value is -3.15. The van der Waals surface area contributed by atoms with Crippen molar-refractivity contribution >= 4 is 23.7 Å². The minimum absolute atomic E-state index is 0.0233. The van der Waals surface area contributed by atoms with E-state index in [0.717, 1.165) is 6.42 Å². The fraction of sp³-hybridized carbons (Fsp3) is 0.167. The van der Waals surface area contributed by atoms with Gasteiger partial charge in [-0.1, -0.05) is 18.2 Å². The summed E-state index contributed by atoms with van der Waals surface area (Å²) in [4.78, 5) is 37.7. The third kappa shape index (κ3) is 2.52. The lowest BCUT2D eigenvalue weighted by Crippen LogP contribution is -2.37. The van der Waals surface area contributed by atoms with E-state index in [1.54, 1.807) is 13.1 Å². The van der Waals surface area contributed by atoms with Crippen molar-refractivity contribution in [2.75, 3.05) is 7.05 Å². The Morgan fingerprint density at radius 2 is 2.04 bits per heavy atom. The second-order valence-electron chi connectivity index (χ2n) is 5.63. The van der Waals surface area contributed by atoms with E-state index >= 15 is 0 Å². The first kappa shape index (κ1) is 15.7. The van der Waals surface area contributed by atoms with Crippen molar-refractivity contribution in [1.82, 2.24) is 4.90 Å². The summed E-state index contributed by atoms with van der Waals surface area (Å²) in [6.45, 7) is 0. The molecule has 0 aromatic heterocycles. The van der Waals surface area contributed by atoms with Gasteiger partial charge in [-0.3, -0.25) is 9.59 Å². The molecule has 0 spiro atoms. The highest BCUT2D eigenvalue weighted by molar-refractivity contribution is 6.31. The molecule has 6 nitrogen and oxygen atoms in total. The number of rotatable bonds is 2. The first-order valence-electron chi connectivity index (χ1n) is 7.40. The predicted molar refractivity (Wildman–Crippen MR) is 86.2 cm³/mol. The van der Waals surface area contributed by atoms with Crippen molar-refractivity contribution < 1.29 is 24.6 Å². The summed E-state index contributed by atoms with van der Waals surface area (Å²) >= 11 is 0. The van der Waals surface area contributed by atoms with Crippen LogP contribution in [0.1, 0.15) is 28.8 Å². The SMILES string of the molecule is CN1C(=O)/C(=C\c2ccc(O)c(C(=O)O)c2)C(=O)C2=C1CCC=C2. The van der Waals surface area contributed by atoms with E-state index in [1.165, 1.54) is 29.2 Å². The number of aromatic hydroxyl groups is 1. The number of Topliss-reactive ketones (excluding diaryl/α,β-unsaturated/α-hetero) is 1. The molecule has 0 fully saturated rings. The second kappa shape index (κ2) is 5.81. The molecule has 0 unspecified atom stereocenters. The van der Waals surface area contributed by atoms with Crippen LogP contribution in [0.25, 0.3) is 6.08 Å². The maximum absolute atomic E-state index is 12.6. The van der Waals surface area contributed by atoms with Crippen molar-refractivity contribution in [2.24, 2.45) is 0 Å². The molecule has 1 heterocycles. The van der Waals surface area contributed by atoms with Crippen LogP contribution in [0, 0.1) is 0 Å². The summed E-state index contributed by atoms with van der Waals surface area (Å²) in [5, 5.41) is 18.6. The number of amides is 1. The number of phenols is 1. The van der Waals surface area contributed by atoms with Crippen molar-refractivity contribution in [3.63, 3.8) is 0 Å². The molecule has 0 bridgehead atoms. The van der Waals surface area contributed by atoms with E-state index in [-0.39, 0.29) is 22.7 Å². The van der Waals surface area contributed by atoms with Gasteiger partial charge in [0.2, 0.25) is 0 Å². The zero-order valence-corrected chi connectivity index (χ0v) is 12.9. The number of nitrogens with zero attached hydrogens (tertiary/aromatic N) is 1. The number of aromatic carboxylic acids is 1. The summed E-state index contributed by atoms with van der Waals surface area (Å²) < 4.78 is 0. The Morgan fingerprint density at radius 3 is 2.75 bits per heavy atom.